The Morgan fingerprint density at radius 1 is 0.708 bits per heavy atom. The molecule has 0 saturated carbocycles. The van der Waals surface area contributed by atoms with E-state index < -0.39 is 0 Å². The van der Waals surface area contributed by atoms with Gasteiger partial charge in [-0.05, 0) is 68.7 Å². The van der Waals surface area contributed by atoms with E-state index in [0.717, 1.165) is 16.0 Å². The molecule has 0 N–H and O–H groups in total. The average Bonchev–Trinajstić information content (AvgIpc) is 3.08. The summed E-state index contributed by atoms with van der Waals surface area (Å²) in [5, 5.41) is 18.8. The molecule has 0 atom stereocenters. The van der Waals surface area contributed by atoms with Crippen LogP contribution in [0.3, 0.4) is 0 Å². The molecule has 24 heavy (non-hydrogen) atoms. The zero-order valence-corrected chi connectivity index (χ0v) is 15.7. The fraction of sp³-hybridized carbons (Fsp3) is 0.200. The molecular weight excluding hydrogens is 332 g/mol. The number of hydrogen-bond donors (Lipinski definition) is 0. The molecule has 0 aliphatic heterocycles. The van der Waals surface area contributed by atoms with Crippen LogP contribution in [-0.4, -0.2) is 0 Å². The molecule has 3 rings (SSSR count). The third-order valence-electron chi connectivity index (χ3n) is 4.04. The summed E-state index contributed by atoms with van der Waals surface area (Å²) < 4.78 is 0. The first-order valence-corrected chi connectivity index (χ1v) is 9.21. The second-order valence-corrected chi connectivity index (χ2v) is 8.24. The molecule has 4 heteroatoms. The SMILES string of the molecule is Cc1cc(C)c(-c2sc(-c3cc(C#N)c(C)cc3C#N)cc2C)s1. The largest absolute Gasteiger partial charge is 0.192 e. The van der Waals surface area contributed by atoms with Crippen molar-refractivity contribution >= 4 is 22.7 Å². The topological polar surface area (TPSA) is 47.6 Å². The van der Waals surface area contributed by atoms with Crippen molar-refractivity contribution in [2.75, 3.05) is 0 Å². The highest BCUT2D eigenvalue weighted by Crippen LogP contribution is 2.43. The van der Waals surface area contributed by atoms with E-state index in [-0.39, 0.29) is 0 Å². The van der Waals surface area contributed by atoms with Gasteiger partial charge >= 0.3 is 0 Å². The highest BCUT2D eigenvalue weighted by molar-refractivity contribution is 7.24. The van der Waals surface area contributed by atoms with E-state index >= 15 is 0 Å². The van der Waals surface area contributed by atoms with Gasteiger partial charge in [-0.1, -0.05) is 0 Å². The quantitative estimate of drug-likeness (QED) is 0.560. The van der Waals surface area contributed by atoms with Crippen LogP contribution in [0.5, 0.6) is 0 Å². The highest BCUT2D eigenvalue weighted by atomic mass is 32.1. The predicted molar refractivity (Wildman–Crippen MR) is 101 cm³/mol. The van der Waals surface area contributed by atoms with E-state index in [4.69, 9.17) is 0 Å². The molecule has 0 spiro atoms. The van der Waals surface area contributed by atoms with Crippen molar-refractivity contribution in [3.05, 3.63) is 57.0 Å². The van der Waals surface area contributed by atoms with E-state index in [2.05, 4.69) is 45.0 Å². The Kier molecular flexibility index (Phi) is 4.28. The van der Waals surface area contributed by atoms with Crippen LogP contribution in [0.4, 0.5) is 0 Å². The molecule has 0 saturated heterocycles. The number of aryl methyl sites for hydroxylation is 4. The minimum Gasteiger partial charge on any atom is -0.192 e. The van der Waals surface area contributed by atoms with Crippen LogP contribution >= 0.6 is 22.7 Å². The molecule has 2 heterocycles. The van der Waals surface area contributed by atoms with Crippen molar-refractivity contribution in [3.8, 4) is 32.3 Å². The Bertz CT molecular complexity index is 1020. The molecule has 118 valence electrons. The smallest absolute Gasteiger partial charge is 0.0998 e. The Morgan fingerprint density at radius 3 is 1.92 bits per heavy atom. The number of rotatable bonds is 2. The number of hydrogen-bond acceptors (Lipinski definition) is 4. The molecule has 0 bridgehead atoms. The zero-order valence-electron chi connectivity index (χ0n) is 14.0. The molecule has 0 unspecified atom stereocenters. The van der Waals surface area contributed by atoms with Gasteiger partial charge in [-0.25, -0.2) is 0 Å². The van der Waals surface area contributed by atoms with Gasteiger partial charge in [-0.3, -0.25) is 0 Å². The monoisotopic (exact) mass is 348 g/mol. The van der Waals surface area contributed by atoms with Crippen LogP contribution in [0.25, 0.3) is 20.2 Å². The summed E-state index contributed by atoms with van der Waals surface area (Å²) in [7, 11) is 0. The second kappa shape index (κ2) is 6.24. The normalized spacial score (nSPS) is 10.4. The first-order valence-electron chi connectivity index (χ1n) is 7.57. The summed E-state index contributed by atoms with van der Waals surface area (Å²) in [6.07, 6.45) is 0. The van der Waals surface area contributed by atoms with Gasteiger partial charge in [0.1, 0.15) is 0 Å². The van der Waals surface area contributed by atoms with Crippen molar-refractivity contribution in [1.82, 2.24) is 0 Å². The van der Waals surface area contributed by atoms with Crippen LogP contribution < -0.4 is 0 Å². The Balaban J connectivity index is 2.20. The molecular formula is C20H16N2S2. The standard InChI is InChI=1S/C20H16N2S2/c1-11-6-16(10-22)17(8-15(11)9-21)18-7-13(3)20(24-18)19-12(2)5-14(4)23-19/h5-8H,1-4H3. The van der Waals surface area contributed by atoms with Gasteiger partial charge in [0.2, 0.25) is 0 Å². The van der Waals surface area contributed by atoms with Crippen molar-refractivity contribution in [3.63, 3.8) is 0 Å². The molecule has 0 aliphatic rings. The van der Waals surface area contributed by atoms with Gasteiger partial charge < -0.3 is 0 Å². The minimum absolute atomic E-state index is 0.624. The molecule has 0 aliphatic carbocycles. The lowest BCUT2D eigenvalue weighted by atomic mass is 9.99. The van der Waals surface area contributed by atoms with Gasteiger partial charge in [0, 0.05) is 25.1 Å². The fourth-order valence-electron chi connectivity index (χ4n) is 2.83. The van der Waals surface area contributed by atoms with Crippen LogP contribution in [0.15, 0.2) is 24.3 Å². The van der Waals surface area contributed by atoms with Crippen molar-refractivity contribution in [2.45, 2.75) is 27.7 Å². The molecule has 0 fully saturated rings. The second-order valence-electron chi connectivity index (χ2n) is 5.93. The van der Waals surface area contributed by atoms with E-state index in [1.807, 2.05) is 19.1 Å². The van der Waals surface area contributed by atoms with Crippen LogP contribution in [0, 0.1) is 50.4 Å². The van der Waals surface area contributed by atoms with E-state index in [1.54, 1.807) is 22.7 Å². The molecule has 2 aromatic heterocycles. The summed E-state index contributed by atoms with van der Waals surface area (Å²) in [4.78, 5) is 4.90. The summed E-state index contributed by atoms with van der Waals surface area (Å²) in [6.45, 7) is 8.23. The van der Waals surface area contributed by atoms with Gasteiger partial charge in [0.05, 0.1) is 23.3 Å². The van der Waals surface area contributed by atoms with E-state index in [1.165, 1.54) is 25.8 Å². The van der Waals surface area contributed by atoms with Gasteiger partial charge in [0.15, 0.2) is 0 Å². The molecule has 2 nitrogen and oxygen atoms in total. The average molecular weight is 348 g/mol. The zero-order chi connectivity index (χ0) is 17.4. The summed E-state index contributed by atoms with van der Waals surface area (Å²) in [6, 6.07) is 12.5. The third kappa shape index (κ3) is 2.76. The van der Waals surface area contributed by atoms with E-state index in [9.17, 15) is 10.5 Å². The fourth-order valence-corrected chi connectivity index (χ4v) is 5.32. The summed E-state index contributed by atoms with van der Waals surface area (Å²) in [5.74, 6) is 0. The summed E-state index contributed by atoms with van der Waals surface area (Å²) >= 11 is 3.50. The third-order valence-corrected chi connectivity index (χ3v) is 6.62. The van der Waals surface area contributed by atoms with E-state index in [0.29, 0.717) is 11.1 Å². The number of benzene rings is 1. The minimum atomic E-state index is 0.624. The lowest BCUT2D eigenvalue weighted by Crippen LogP contribution is -1.89. The Morgan fingerprint density at radius 2 is 1.33 bits per heavy atom. The van der Waals surface area contributed by atoms with Crippen molar-refractivity contribution < 1.29 is 0 Å². The Hall–Kier alpha value is -2.40. The first kappa shape index (κ1) is 16.5. The maximum atomic E-state index is 9.48. The van der Waals surface area contributed by atoms with Crippen LogP contribution in [0.2, 0.25) is 0 Å². The highest BCUT2D eigenvalue weighted by Gasteiger charge is 2.16. The van der Waals surface area contributed by atoms with Crippen LogP contribution in [0.1, 0.15) is 32.7 Å². The number of nitriles is 2. The van der Waals surface area contributed by atoms with Crippen molar-refractivity contribution in [1.29, 1.82) is 10.5 Å². The van der Waals surface area contributed by atoms with Gasteiger partial charge in [-0.2, -0.15) is 10.5 Å². The molecule has 3 aromatic rings. The summed E-state index contributed by atoms with van der Waals surface area (Å²) in [5.41, 5.74) is 5.44. The maximum Gasteiger partial charge on any atom is 0.0998 e. The van der Waals surface area contributed by atoms with Gasteiger partial charge in [0.25, 0.3) is 0 Å². The predicted octanol–water partition coefficient (Wildman–Crippen LogP) is 6.12. The number of thiophene rings is 2. The van der Waals surface area contributed by atoms with Crippen molar-refractivity contribution in [2.24, 2.45) is 0 Å². The first-order chi connectivity index (χ1) is 11.4. The molecule has 1 aromatic carbocycles. The molecule has 0 radical (unpaired) electrons. The Labute approximate surface area is 150 Å². The molecule has 0 amide bonds. The van der Waals surface area contributed by atoms with Crippen LogP contribution in [-0.2, 0) is 0 Å². The lowest BCUT2D eigenvalue weighted by Gasteiger charge is -2.05. The van der Waals surface area contributed by atoms with Gasteiger partial charge in [-0.15, -0.1) is 22.7 Å². The maximum absolute atomic E-state index is 9.48. The lowest BCUT2D eigenvalue weighted by molar-refractivity contribution is 1.37. The number of nitrogens with zero attached hydrogens (tertiary/aromatic N) is 2.